The van der Waals surface area contributed by atoms with E-state index in [1.54, 1.807) is 0 Å². The smallest absolute Gasteiger partial charge is 0.116 e. The minimum atomic E-state index is -0.471. The Hall–Kier alpha value is -0.630. The van der Waals surface area contributed by atoms with Crippen LogP contribution in [0.3, 0.4) is 0 Å². The predicted molar refractivity (Wildman–Crippen MR) is 66.3 cm³/mol. The van der Waals surface area contributed by atoms with Crippen molar-refractivity contribution in [2.75, 3.05) is 33.3 Å². The van der Waals surface area contributed by atoms with Crippen LogP contribution < -0.4 is 5.32 Å². The van der Waals surface area contributed by atoms with Crippen molar-refractivity contribution in [1.82, 2.24) is 10.2 Å². The first-order valence-electron chi connectivity index (χ1n) is 5.90. The van der Waals surface area contributed by atoms with Crippen molar-refractivity contribution >= 4 is 0 Å². The largest absolute Gasteiger partial charge is 0.377 e. The van der Waals surface area contributed by atoms with E-state index in [4.69, 9.17) is 10.00 Å². The van der Waals surface area contributed by atoms with Crippen LogP contribution in [0.4, 0.5) is 0 Å². The molecule has 0 bridgehead atoms. The quantitative estimate of drug-likeness (QED) is 0.677. The molecule has 4 nitrogen and oxygen atoms in total. The summed E-state index contributed by atoms with van der Waals surface area (Å²) in [7, 11) is 2.01. The molecule has 0 radical (unpaired) electrons. The van der Waals surface area contributed by atoms with Crippen molar-refractivity contribution in [3.8, 4) is 6.07 Å². The van der Waals surface area contributed by atoms with Gasteiger partial charge in [0.2, 0.25) is 0 Å². The van der Waals surface area contributed by atoms with Gasteiger partial charge in [-0.2, -0.15) is 5.26 Å². The van der Waals surface area contributed by atoms with Gasteiger partial charge in [0.25, 0.3) is 0 Å². The zero-order valence-electron chi connectivity index (χ0n) is 11.2. The molecule has 0 aliphatic carbocycles. The summed E-state index contributed by atoms with van der Waals surface area (Å²) in [5.74, 6) is 0. The maximum Gasteiger partial charge on any atom is 0.116 e. The lowest BCUT2D eigenvalue weighted by Crippen LogP contribution is -2.50. The Labute approximate surface area is 99.6 Å². The lowest BCUT2D eigenvalue weighted by atomic mass is 10.0. The van der Waals surface area contributed by atoms with Gasteiger partial charge in [0.15, 0.2) is 0 Å². The van der Waals surface area contributed by atoms with E-state index in [-0.39, 0.29) is 6.10 Å². The van der Waals surface area contributed by atoms with Gasteiger partial charge >= 0.3 is 0 Å². The Bertz CT molecular complexity index is 225. The van der Waals surface area contributed by atoms with Gasteiger partial charge in [-0.05, 0) is 34.4 Å². The van der Waals surface area contributed by atoms with Crippen molar-refractivity contribution in [3.63, 3.8) is 0 Å². The van der Waals surface area contributed by atoms with Crippen LogP contribution in [0.1, 0.15) is 27.7 Å². The van der Waals surface area contributed by atoms with Crippen molar-refractivity contribution in [1.29, 1.82) is 5.26 Å². The molecule has 0 saturated heterocycles. The van der Waals surface area contributed by atoms with E-state index in [2.05, 4.69) is 16.3 Å². The first-order chi connectivity index (χ1) is 7.43. The van der Waals surface area contributed by atoms with E-state index in [1.165, 1.54) is 0 Å². The highest BCUT2D eigenvalue weighted by molar-refractivity contribution is 5.05. The molecule has 0 amide bonds. The zero-order chi connectivity index (χ0) is 12.6. The minimum absolute atomic E-state index is 0.268. The van der Waals surface area contributed by atoms with Crippen LogP contribution in [0.15, 0.2) is 0 Å². The Morgan fingerprint density at radius 3 is 2.56 bits per heavy atom. The number of rotatable bonds is 8. The van der Waals surface area contributed by atoms with Crippen molar-refractivity contribution in [2.24, 2.45) is 0 Å². The number of nitriles is 1. The third-order valence-electron chi connectivity index (χ3n) is 2.32. The fraction of sp³-hybridized carbons (Fsp3) is 0.917. The van der Waals surface area contributed by atoms with Gasteiger partial charge in [-0.25, -0.2) is 0 Å². The van der Waals surface area contributed by atoms with E-state index >= 15 is 0 Å². The minimum Gasteiger partial charge on any atom is -0.377 e. The van der Waals surface area contributed by atoms with Crippen molar-refractivity contribution < 1.29 is 4.74 Å². The van der Waals surface area contributed by atoms with Crippen molar-refractivity contribution in [3.05, 3.63) is 0 Å². The van der Waals surface area contributed by atoms with Crippen LogP contribution in [0.2, 0.25) is 0 Å². The Morgan fingerprint density at radius 2 is 2.12 bits per heavy atom. The van der Waals surface area contributed by atoms with E-state index < -0.39 is 5.54 Å². The molecule has 94 valence electrons. The summed E-state index contributed by atoms with van der Waals surface area (Å²) in [6.07, 6.45) is 0.268. The van der Waals surface area contributed by atoms with E-state index in [0.29, 0.717) is 13.2 Å². The Balaban J connectivity index is 3.92. The number of nitrogens with one attached hydrogen (secondary N) is 1. The normalized spacial score (nSPS) is 15.1. The standard InChI is InChI=1S/C12H25N3O/c1-6-14-12(4,9-13)10-15(5)7-8-16-11(2)3/h11,14H,6-8,10H2,1-5H3. The van der Waals surface area contributed by atoms with Crippen LogP contribution in [0.25, 0.3) is 0 Å². The third-order valence-corrected chi connectivity index (χ3v) is 2.32. The van der Waals surface area contributed by atoms with Gasteiger partial charge in [-0.1, -0.05) is 6.92 Å². The van der Waals surface area contributed by atoms with Gasteiger partial charge in [0.1, 0.15) is 5.54 Å². The van der Waals surface area contributed by atoms with Crippen LogP contribution >= 0.6 is 0 Å². The Kier molecular flexibility index (Phi) is 7.31. The fourth-order valence-corrected chi connectivity index (χ4v) is 1.58. The summed E-state index contributed by atoms with van der Waals surface area (Å²) in [5, 5.41) is 12.3. The van der Waals surface area contributed by atoms with Crippen LogP contribution in [-0.2, 0) is 4.74 Å². The molecule has 0 aliphatic rings. The van der Waals surface area contributed by atoms with Gasteiger partial charge in [-0.15, -0.1) is 0 Å². The molecule has 0 aliphatic heterocycles. The van der Waals surface area contributed by atoms with Crippen LogP contribution in [-0.4, -0.2) is 49.8 Å². The van der Waals surface area contributed by atoms with Gasteiger partial charge in [0, 0.05) is 13.1 Å². The molecular formula is C12H25N3O. The molecule has 0 spiro atoms. The Morgan fingerprint density at radius 1 is 1.50 bits per heavy atom. The zero-order valence-corrected chi connectivity index (χ0v) is 11.2. The second-order valence-corrected chi connectivity index (χ2v) is 4.63. The van der Waals surface area contributed by atoms with Gasteiger partial charge < -0.3 is 9.64 Å². The fourth-order valence-electron chi connectivity index (χ4n) is 1.58. The van der Waals surface area contributed by atoms with Crippen molar-refractivity contribution in [2.45, 2.75) is 39.3 Å². The average Bonchev–Trinajstić information content (AvgIpc) is 2.17. The molecule has 0 rings (SSSR count). The molecule has 1 unspecified atom stereocenters. The van der Waals surface area contributed by atoms with Gasteiger partial charge in [-0.3, -0.25) is 5.32 Å². The number of ether oxygens (including phenoxy) is 1. The topological polar surface area (TPSA) is 48.3 Å². The SMILES string of the molecule is CCNC(C)(C#N)CN(C)CCOC(C)C. The highest BCUT2D eigenvalue weighted by Gasteiger charge is 2.23. The molecule has 0 aromatic heterocycles. The number of likely N-dealkylation sites (N-methyl/N-ethyl adjacent to an activating group) is 2. The molecule has 4 heteroatoms. The van der Waals surface area contributed by atoms with Crippen LogP contribution in [0, 0.1) is 11.3 Å². The highest BCUT2D eigenvalue weighted by atomic mass is 16.5. The number of nitrogens with zero attached hydrogens (tertiary/aromatic N) is 2. The third kappa shape index (κ3) is 6.78. The summed E-state index contributed by atoms with van der Waals surface area (Å²) in [6, 6.07) is 2.32. The molecule has 0 fully saturated rings. The van der Waals surface area contributed by atoms with Gasteiger partial charge in [0.05, 0.1) is 18.8 Å². The molecule has 0 aromatic carbocycles. The molecule has 1 atom stereocenters. The first kappa shape index (κ1) is 15.4. The summed E-state index contributed by atoms with van der Waals surface area (Å²) >= 11 is 0. The van der Waals surface area contributed by atoms with E-state index in [9.17, 15) is 0 Å². The first-order valence-corrected chi connectivity index (χ1v) is 5.90. The number of hydrogen-bond donors (Lipinski definition) is 1. The molecule has 0 aromatic rings. The second kappa shape index (κ2) is 7.61. The van der Waals surface area contributed by atoms with E-state index in [0.717, 1.165) is 13.1 Å². The second-order valence-electron chi connectivity index (χ2n) is 4.63. The molecule has 16 heavy (non-hydrogen) atoms. The average molecular weight is 227 g/mol. The molecule has 0 heterocycles. The monoisotopic (exact) mass is 227 g/mol. The highest BCUT2D eigenvalue weighted by Crippen LogP contribution is 2.04. The van der Waals surface area contributed by atoms with E-state index in [1.807, 2.05) is 34.7 Å². The molecule has 1 N–H and O–H groups in total. The summed E-state index contributed by atoms with van der Waals surface area (Å²) in [5.41, 5.74) is -0.471. The summed E-state index contributed by atoms with van der Waals surface area (Å²) in [6.45, 7) is 11.1. The lowest BCUT2D eigenvalue weighted by molar-refractivity contribution is 0.0610. The molecule has 0 saturated carbocycles. The number of hydrogen-bond acceptors (Lipinski definition) is 4. The predicted octanol–water partition coefficient (Wildman–Crippen LogP) is 1.23. The molecular weight excluding hydrogens is 202 g/mol. The summed E-state index contributed by atoms with van der Waals surface area (Å²) in [4.78, 5) is 2.12. The maximum atomic E-state index is 9.11. The summed E-state index contributed by atoms with van der Waals surface area (Å²) < 4.78 is 5.48. The van der Waals surface area contributed by atoms with Crippen LogP contribution in [0.5, 0.6) is 0 Å². The maximum absolute atomic E-state index is 9.11. The lowest BCUT2D eigenvalue weighted by Gasteiger charge is -2.28.